The fraction of sp³-hybridized carbons (Fsp3) is 0.500. The molecule has 0 bridgehead atoms. The summed E-state index contributed by atoms with van der Waals surface area (Å²) in [5, 5.41) is 24.4. The first kappa shape index (κ1) is 29.0. The highest BCUT2D eigenvalue weighted by atomic mass is 32.2. The number of hydrogen-bond donors (Lipinski definition) is 3. The molecule has 0 radical (unpaired) electrons. The van der Waals surface area contributed by atoms with Gasteiger partial charge < -0.3 is 35.2 Å². The number of nitrogens with zero attached hydrogens (tertiary/aromatic N) is 4. The maximum atomic E-state index is 13.4. The second-order valence-electron chi connectivity index (χ2n) is 11.1. The molecule has 1 fully saturated rings. The molecule has 5 rings (SSSR count). The third-order valence-electron chi connectivity index (χ3n) is 7.26. The molecule has 1 saturated heterocycles. The van der Waals surface area contributed by atoms with Crippen LogP contribution < -0.4 is 10.5 Å². The lowest BCUT2D eigenvalue weighted by Crippen LogP contribution is -2.50. The van der Waals surface area contributed by atoms with Crippen LogP contribution in [-0.4, -0.2) is 90.6 Å². The molecule has 4 heterocycles. The minimum Gasteiger partial charge on any atom is -0.492 e. The molecular weight excluding hydrogens is 550 g/mol. The summed E-state index contributed by atoms with van der Waals surface area (Å²) >= 11 is 1.22. The molecule has 2 amide bonds. The van der Waals surface area contributed by atoms with Crippen LogP contribution in [0.5, 0.6) is 5.75 Å². The second kappa shape index (κ2) is 11.4. The average Bonchev–Trinajstić information content (AvgIpc) is 3.47. The van der Waals surface area contributed by atoms with Crippen LogP contribution in [0.1, 0.15) is 45.6 Å². The summed E-state index contributed by atoms with van der Waals surface area (Å²) < 4.78 is 13.6. The van der Waals surface area contributed by atoms with E-state index in [2.05, 4.69) is 5.10 Å². The van der Waals surface area contributed by atoms with Gasteiger partial charge in [0.15, 0.2) is 5.37 Å². The van der Waals surface area contributed by atoms with Crippen LogP contribution in [0.15, 0.2) is 35.5 Å². The van der Waals surface area contributed by atoms with Crippen LogP contribution in [-0.2, 0) is 25.7 Å². The van der Waals surface area contributed by atoms with E-state index >= 15 is 0 Å². The first-order valence-corrected chi connectivity index (χ1v) is 14.4. The van der Waals surface area contributed by atoms with Crippen molar-refractivity contribution >= 4 is 35.2 Å². The van der Waals surface area contributed by atoms with Crippen molar-refractivity contribution < 1.29 is 34.1 Å². The van der Waals surface area contributed by atoms with Crippen LogP contribution in [0.25, 0.3) is 16.8 Å². The van der Waals surface area contributed by atoms with E-state index in [4.69, 9.17) is 15.2 Å². The highest BCUT2D eigenvalue weighted by Crippen LogP contribution is 2.50. The maximum absolute atomic E-state index is 13.4. The molecule has 4 N–H and O–H groups in total. The van der Waals surface area contributed by atoms with Gasteiger partial charge in [0.25, 0.3) is 5.91 Å². The summed E-state index contributed by atoms with van der Waals surface area (Å²) in [6.07, 6.45) is 2.88. The van der Waals surface area contributed by atoms with Gasteiger partial charge in [-0.05, 0) is 31.5 Å². The summed E-state index contributed by atoms with van der Waals surface area (Å²) in [4.78, 5) is 41.1. The van der Waals surface area contributed by atoms with Gasteiger partial charge in [0.2, 0.25) is 12.1 Å². The van der Waals surface area contributed by atoms with E-state index < -0.39 is 29.1 Å². The number of primary amides is 1. The number of benzene rings is 1. The molecule has 2 aromatic rings. The van der Waals surface area contributed by atoms with Gasteiger partial charge >= 0.3 is 5.97 Å². The normalized spacial score (nSPS) is 20.2. The topological polar surface area (TPSA) is 160 Å². The number of ether oxygens (including phenoxy) is 2. The zero-order valence-electron chi connectivity index (χ0n) is 23.3. The van der Waals surface area contributed by atoms with Crippen molar-refractivity contribution in [3.63, 3.8) is 0 Å². The highest BCUT2D eigenvalue weighted by Gasteiger charge is 2.46. The third-order valence-corrected chi connectivity index (χ3v) is 8.58. The Hall–Kier alpha value is -3.55. The number of esters is 1. The van der Waals surface area contributed by atoms with E-state index in [0.29, 0.717) is 62.5 Å². The average molecular weight is 586 g/mol. The number of carbonyl (C=O) groups excluding carboxylic acids is 3. The molecular formula is C28H35N5O7S. The summed E-state index contributed by atoms with van der Waals surface area (Å²) in [7, 11) is 0. The van der Waals surface area contributed by atoms with Gasteiger partial charge in [-0.15, -0.1) is 0 Å². The quantitative estimate of drug-likeness (QED) is 0.406. The molecule has 41 heavy (non-hydrogen) atoms. The summed E-state index contributed by atoms with van der Waals surface area (Å²) in [5.74, 6) is -1.06. The number of piperidine rings is 1. The van der Waals surface area contributed by atoms with Crippen molar-refractivity contribution in [1.29, 1.82) is 0 Å². The third kappa shape index (κ3) is 6.21. The Balaban J connectivity index is 1.41. The van der Waals surface area contributed by atoms with Crippen molar-refractivity contribution in [3.05, 3.63) is 41.1 Å². The summed E-state index contributed by atoms with van der Waals surface area (Å²) in [6.45, 7) is 6.58. The van der Waals surface area contributed by atoms with E-state index in [1.807, 2.05) is 24.4 Å². The molecule has 220 valence electrons. The fourth-order valence-corrected chi connectivity index (χ4v) is 6.59. The van der Waals surface area contributed by atoms with Gasteiger partial charge in [0, 0.05) is 61.5 Å². The minimum atomic E-state index is -1.77. The molecule has 0 spiro atoms. The molecule has 1 aromatic heterocycles. The number of carbonyl (C=O) groups is 3. The number of amides is 2. The van der Waals surface area contributed by atoms with Gasteiger partial charge in [0.05, 0.1) is 30.6 Å². The lowest BCUT2D eigenvalue weighted by molar-refractivity contribution is -0.156. The minimum absolute atomic E-state index is 0.0168. The van der Waals surface area contributed by atoms with Crippen molar-refractivity contribution in [2.24, 2.45) is 5.73 Å². The molecule has 2 unspecified atom stereocenters. The first-order chi connectivity index (χ1) is 19.4. The standard InChI is InChI=1S/C28H35N5O7S/c1-16(34)31-9-6-19(7-10-31)40-27(37)26-33(25(36)24(29)35)23-20-5-4-17(12-21(20)39-11-8-22(23)41-26)18-13-30-32(14-18)15-28(2,3)38/h4-5,12-14,19,25-26,36,38H,6-11,15H2,1-3H3,(H2,29,35). The summed E-state index contributed by atoms with van der Waals surface area (Å²) in [6, 6.07) is 5.55. The van der Waals surface area contributed by atoms with Crippen LogP contribution in [0.4, 0.5) is 0 Å². The maximum Gasteiger partial charge on any atom is 0.340 e. The first-order valence-electron chi connectivity index (χ1n) is 13.6. The number of rotatable bonds is 7. The number of nitrogens with two attached hydrogens (primary N) is 1. The smallest absolute Gasteiger partial charge is 0.340 e. The van der Waals surface area contributed by atoms with Crippen molar-refractivity contribution in [2.75, 3.05) is 19.7 Å². The van der Waals surface area contributed by atoms with Crippen molar-refractivity contribution in [1.82, 2.24) is 19.6 Å². The van der Waals surface area contributed by atoms with Crippen molar-refractivity contribution in [2.45, 2.75) is 69.9 Å². The van der Waals surface area contributed by atoms with Gasteiger partial charge in [-0.2, -0.15) is 5.10 Å². The van der Waals surface area contributed by atoms with E-state index in [1.165, 1.54) is 23.6 Å². The lowest BCUT2D eigenvalue weighted by Gasteiger charge is -2.34. The van der Waals surface area contributed by atoms with Gasteiger partial charge in [-0.3, -0.25) is 14.3 Å². The molecule has 12 nitrogen and oxygen atoms in total. The predicted molar refractivity (Wildman–Crippen MR) is 151 cm³/mol. The number of likely N-dealkylation sites (tertiary alicyclic amines) is 1. The molecule has 2 atom stereocenters. The number of hydrogen-bond acceptors (Lipinski definition) is 10. The predicted octanol–water partition coefficient (Wildman–Crippen LogP) is 1.50. The van der Waals surface area contributed by atoms with Crippen LogP contribution in [0, 0.1) is 0 Å². The largest absolute Gasteiger partial charge is 0.492 e. The molecule has 3 aliphatic rings. The van der Waals surface area contributed by atoms with E-state index in [1.54, 1.807) is 29.6 Å². The van der Waals surface area contributed by atoms with Gasteiger partial charge in [-0.25, -0.2) is 4.79 Å². The zero-order valence-corrected chi connectivity index (χ0v) is 24.1. The Morgan fingerprint density at radius 1 is 1.24 bits per heavy atom. The number of aromatic nitrogens is 2. The Bertz CT molecular complexity index is 1380. The molecule has 0 saturated carbocycles. The zero-order chi connectivity index (χ0) is 29.5. The number of aliphatic hydroxyl groups is 2. The van der Waals surface area contributed by atoms with Crippen LogP contribution in [0.2, 0.25) is 0 Å². The number of thioether (sulfide) groups is 1. The summed E-state index contributed by atoms with van der Waals surface area (Å²) in [5.41, 5.74) is 7.38. The highest BCUT2D eigenvalue weighted by molar-refractivity contribution is 8.04. The molecule has 13 heteroatoms. The second-order valence-corrected chi connectivity index (χ2v) is 12.3. The Morgan fingerprint density at radius 2 is 1.98 bits per heavy atom. The molecule has 0 aliphatic carbocycles. The fourth-order valence-electron chi connectivity index (χ4n) is 5.30. The van der Waals surface area contributed by atoms with E-state index in [-0.39, 0.29) is 12.0 Å². The van der Waals surface area contributed by atoms with Crippen molar-refractivity contribution in [3.8, 4) is 16.9 Å². The lowest BCUT2D eigenvalue weighted by atomic mass is 10.0. The SMILES string of the molecule is CC(=O)N1CCC(OC(=O)C2SC3=C(c4ccc(-c5cnn(CC(C)(C)O)c5)cc4OCC3)N2C(O)C(N)=O)CC1. The Morgan fingerprint density at radius 3 is 2.63 bits per heavy atom. The number of fused-ring (bicyclic) bond motifs is 2. The Labute approximate surface area is 242 Å². The van der Waals surface area contributed by atoms with Crippen LogP contribution >= 0.6 is 11.8 Å². The van der Waals surface area contributed by atoms with E-state index in [0.717, 1.165) is 16.0 Å². The molecule has 1 aromatic carbocycles. The van der Waals surface area contributed by atoms with Crippen LogP contribution in [0.3, 0.4) is 0 Å². The monoisotopic (exact) mass is 585 g/mol. The molecule has 3 aliphatic heterocycles. The van der Waals surface area contributed by atoms with E-state index in [9.17, 15) is 24.6 Å². The van der Waals surface area contributed by atoms with Gasteiger partial charge in [0.1, 0.15) is 11.9 Å². The Kier molecular flexibility index (Phi) is 8.04. The number of aliphatic hydroxyl groups excluding tert-OH is 1. The van der Waals surface area contributed by atoms with Gasteiger partial charge in [-0.1, -0.05) is 17.8 Å².